The van der Waals surface area contributed by atoms with E-state index < -0.39 is 10.0 Å². The third-order valence-electron chi connectivity index (χ3n) is 5.64. The summed E-state index contributed by atoms with van der Waals surface area (Å²) < 4.78 is 32.5. The minimum absolute atomic E-state index is 0. The molecule has 30 heavy (non-hydrogen) atoms. The van der Waals surface area contributed by atoms with E-state index in [1.54, 1.807) is 0 Å². The van der Waals surface area contributed by atoms with Gasteiger partial charge in [0.25, 0.3) is 0 Å². The molecule has 0 bridgehead atoms. The number of aliphatic imine (C=N–C) groups is 1. The van der Waals surface area contributed by atoms with Crippen molar-refractivity contribution in [3.8, 4) is 0 Å². The molecule has 1 N–H and O–H groups in total. The molecule has 2 aliphatic rings. The van der Waals surface area contributed by atoms with Gasteiger partial charge < -0.3 is 15.0 Å². The van der Waals surface area contributed by atoms with E-state index in [1.807, 2.05) is 24.3 Å². The fraction of sp³-hybridized carbons (Fsp3) is 0.667. The zero-order valence-electron chi connectivity index (χ0n) is 18.0. The Bertz CT molecular complexity index is 789. The molecule has 2 aliphatic heterocycles. The zero-order valence-corrected chi connectivity index (χ0v) is 21.2. The van der Waals surface area contributed by atoms with Crippen LogP contribution in [0.3, 0.4) is 0 Å². The first kappa shape index (κ1) is 25.4. The highest BCUT2D eigenvalue weighted by molar-refractivity contribution is 14.0. The number of hydrogen-bond donors (Lipinski definition) is 1. The lowest BCUT2D eigenvalue weighted by Crippen LogP contribution is -2.45. The van der Waals surface area contributed by atoms with Crippen LogP contribution >= 0.6 is 24.0 Å². The summed E-state index contributed by atoms with van der Waals surface area (Å²) in [5, 5.41) is 3.39. The highest BCUT2D eigenvalue weighted by atomic mass is 127. The van der Waals surface area contributed by atoms with Crippen molar-refractivity contribution in [2.75, 3.05) is 45.9 Å². The number of nitrogens with zero attached hydrogens (tertiary/aromatic N) is 3. The highest BCUT2D eigenvalue weighted by Gasteiger charge is 2.25. The molecule has 0 radical (unpaired) electrons. The molecular weight excluding hydrogens is 515 g/mol. The van der Waals surface area contributed by atoms with E-state index in [1.165, 1.54) is 17.1 Å². The van der Waals surface area contributed by atoms with Crippen molar-refractivity contribution < 1.29 is 13.2 Å². The fourth-order valence-corrected chi connectivity index (χ4v) is 5.33. The van der Waals surface area contributed by atoms with Crippen LogP contribution in [0.4, 0.5) is 0 Å². The number of nitrogens with one attached hydrogen (secondary N) is 1. The first-order valence-electron chi connectivity index (χ1n) is 10.6. The van der Waals surface area contributed by atoms with Crippen LogP contribution in [-0.4, -0.2) is 69.5 Å². The molecule has 2 fully saturated rings. The molecule has 0 atom stereocenters. The number of likely N-dealkylation sites (tertiary alicyclic amines) is 1. The molecule has 0 saturated carbocycles. The molecule has 1 aromatic rings. The normalized spacial score (nSPS) is 19.4. The van der Waals surface area contributed by atoms with E-state index in [-0.39, 0.29) is 29.7 Å². The Morgan fingerprint density at radius 2 is 1.77 bits per heavy atom. The average molecular weight is 551 g/mol. The summed E-state index contributed by atoms with van der Waals surface area (Å²) >= 11 is 0. The second-order valence-electron chi connectivity index (χ2n) is 7.88. The van der Waals surface area contributed by atoms with Gasteiger partial charge in [-0.2, -0.15) is 4.31 Å². The monoisotopic (exact) mass is 550 g/mol. The van der Waals surface area contributed by atoms with Crippen LogP contribution in [0.15, 0.2) is 29.3 Å². The number of halogens is 1. The van der Waals surface area contributed by atoms with Gasteiger partial charge in [0, 0.05) is 32.7 Å². The number of ether oxygens (including phenoxy) is 1. The van der Waals surface area contributed by atoms with E-state index in [4.69, 9.17) is 9.73 Å². The lowest BCUT2D eigenvalue weighted by Gasteiger charge is -2.33. The molecule has 2 heterocycles. The van der Waals surface area contributed by atoms with Crippen LogP contribution in [0.25, 0.3) is 0 Å². The predicted octanol–water partition coefficient (Wildman–Crippen LogP) is 2.66. The standard InChI is InChI=1S/C21H34N4O3S.HI/c1-3-22-21(24-10-8-18(2)9-11-24)23-16-19-6-4-5-7-20(19)17-29(26,27)25-12-14-28-15-13-25;/h4-7,18H,3,8-17H2,1-2H3,(H,22,23);1H. The summed E-state index contributed by atoms with van der Waals surface area (Å²) in [7, 11) is -3.36. The van der Waals surface area contributed by atoms with Gasteiger partial charge in [-0.15, -0.1) is 24.0 Å². The Balaban J connectivity index is 0.00000320. The average Bonchev–Trinajstić information content (AvgIpc) is 2.73. The maximum absolute atomic E-state index is 12.8. The van der Waals surface area contributed by atoms with Gasteiger partial charge in [-0.25, -0.2) is 13.4 Å². The molecule has 1 aromatic carbocycles. The summed E-state index contributed by atoms with van der Waals surface area (Å²) in [5.41, 5.74) is 1.79. The SMILES string of the molecule is CCNC(=NCc1ccccc1CS(=O)(=O)N1CCOCC1)N1CCC(C)CC1.I. The van der Waals surface area contributed by atoms with Crippen molar-refractivity contribution in [2.45, 2.75) is 39.0 Å². The number of sulfonamides is 1. The molecule has 170 valence electrons. The van der Waals surface area contributed by atoms with Gasteiger partial charge in [0.1, 0.15) is 0 Å². The summed E-state index contributed by atoms with van der Waals surface area (Å²) in [5.74, 6) is 1.70. The Labute approximate surface area is 198 Å². The van der Waals surface area contributed by atoms with Gasteiger partial charge in [-0.3, -0.25) is 0 Å². The molecule has 7 nitrogen and oxygen atoms in total. The molecule has 3 rings (SSSR count). The Morgan fingerprint density at radius 1 is 1.13 bits per heavy atom. The van der Waals surface area contributed by atoms with Crippen molar-refractivity contribution in [2.24, 2.45) is 10.9 Å². The van der Waals surface area contributed by atoms with Crippen molar-refractivity contribution in [1.82, 2.24) is 14.5 Å². The molecule has 0 amide bonds. The van der Waals surface area contributed by atoms with Crippen molar-refractivity contribution in [1.29, 1.82) is 0 Å². The van der Waals surface area contributed by atoms with Crippen LogP contribution < -0.4 is 5.32 Å². The van der Waals surface area contributed by atoms with Crippen molar-refractivity contribution in [3.63, 3.8) is 0 Å². The van der Waals surface area contributed by atoms with E-state index >= 15 is 0 Å². The fourth-order valence-electron chi connectivity index (χ4n) is 3.77. The smallest absolute Gasteiger partial charge is 0.218 e. The Kier molecular flexibility index (Phi) is 10.3. The topological polar surface area (TPSA) is 74.2 Å². The van der Waals surface area contributed by atoms with Gasteiger partial charge in [-0.05, 0) is 36.8 Å². The van der Waals surface area contributed by atoms with Crippen LogP contribution in [0.1, 0.15) is 37.8 Å². The molecule has 0 unspecified atom stereocenters. The number of morpholine rings is 1. The molecule has 9 heteroatoms. The van der Waals surface area contributed by atoms with Crippen molar-refractivity contribution >= 4 is 40.0 Å². The number of guanidine groups is 1. The number of piperidine rings is 1. The third-order valence-corrected chi connectivity index (χ3v) is 7.46. The summed E-state index contributed by atoms with van der Waals surface area (Å²) in [6, 6.07) is 7.73. The maximum Gasteiger partial charge on any atom is 0.218 e. The molecule has 0 aromatic heterocycles. The van der Waals surface area contributed by atoms with E-state index in [2.05, 4.69) is 24.1 Å². The Hall–Kier alpha value is -0.910. The van der Waals surface area contributed by atoms with E-state index in [0.29, 0.717) is 32.8 Å². The van der Waals surface area contributed by atoms with Crippen LogP contribution in [-0.2, 0) is 27.1 Å². The van der Waals surface area contributed by atoms with Crippen LogP contribution in [0.2, 0.25) is 0 Å². The van der Waals surface area contributed by atoms with Gasteiger partial charge >= 0.3 is 0 Å². The lowest BCUT2D eigenvalue weighted by molar-refractivity contribution is 0.0729. The summed E-state index contributed by atoms with van der Waals surface area (Å²) in [6.45, 7) is 9.48. The third kappa shape index (κ3) is 7.06. The van der Waals surface area contributed by atoms with Gasteiger partial charge in [0.15, 0.2) is 5.96 Å². The molecule has 0 aliphatic carbocycles. The number of benzene rings is 1. The minimum Gasteiger partial charge on any atom is -0.379 e. The van der Waals surface area contributed by atoms with Crippen molar-refractivity contribution in [3.05, 3.63) is 35.4 Å². The molecule has 2 saturated heterocycles. The molecular formula is C21H35IN4O3S. The first-order chi connectivity index (χ1) is 14.0. The quantitative estimate of drug-likeness (QED) is 0.335. The number of hydrogen-bond acceptors (Lipinski definition) is 4. The second kappa shape index (κ2) is 12.2. The zero-order chi connectivity index (χ0) is 20.7. The largest absolute Gasteiger partial charge is 0.379 e. The maximum atomic E-state index is 12.8. The molecule has 0 spiro atoms. The Morgan fingerprint density at radius 3 is 2.40 bits per heavy atom. The summed E-state index contributed by atoms with van der Waals surface area (Å²) in [4.78, 5) is 7.15. The lowest BCUT2D eigenvalue weighted by atomic mass is 9.99. The first-order valence-corrected chi connectivity index (χ1v) is 12.3. The van der Waals surface area contributed by atoms with E-state index in [0.717, 1.165) is 42.6 Å². The minimum atomic E-state index is -3.36. The van der Waals surface area contributed by atoms with Crippen LogP contribution in [0, 0.1) is 5.92 Å². The van der Waals surface area contributed by atoms with Gasteiger partial charge in [0.2, 0.25) is 10.0 Å². The van der Waals surface area contributed by atoms with Gasteiger partial charge in [0.05, 0.1) is 25.5 Å². The second-order valence-corrected chi connectivity index (χ2v) is 9.84. The van der Waals surface area contributed by atoms with Crippen LogP contribution in [0.5, 0.6) is 0 Å². The van der Waals surface area contributed by atoms with Gasteiger partial charge in [-0.1, -0.05) is 31.2 Å². The van der Waals surface area contributed by atoms with E-state index in [9.17, 15) is 8.42 Å². The highest BCUT2D eigenvalue weighted by Crippen LogP contribution is 2.19. The number of rotatable bonds is 6. The predicted molar refractivity (Wildman–Crippen MR) is 132 cm³/mol. The summed E-state index contributed by atoms with van der Waals surface area (Å²) in [6.07, 6.45) is 2.36.